The lowest BCUT2D eigenvalue weighted by molar-refractivity contribution is -0.125. The second-order valence-corrected chi connectivity index (χ2v) is 5.78. The van der Waals surface area contributed by atoms with E-state index in [-0.39, 0.29) is 5.91 Å². The van der Waals surface area contributed by atoms with E-state index < -0.39 is 5.54 Å². The first-order valence-corrected chi connectivity index (χ1v) is 7.00. The minimum absolute atomic E-state index is 0.108. The number of nitrogens with two attached hydrogens (primary N) is 1. The molecule has 0 radical (unpaired) electrons. The number of carbonyl (C=O) groups is 1. The van der Waals surface area contributed by atoms with Crippen LogP contribution in [0.3, 0.4) is 0 Å². The zero-order valence-electron chi connectivity index (χ0n) is 12.5. The summed E-state index contributed by atoms with van der Waals surface area (Å²) in [5.74, 6) is 0.496. The lowest BCUT2D eigenvalue weighted by Gasteiger charge is -2.17. The fraction of sp³-hybridized carbons (Fsp3) is 0.562. The van der Waals surface area contributed by atoms with Gasteiger partial charge in [0.15, 0.2) is 0 Å². The maximum absolute atomic E-state index is 11.6. The van der Waals surface area contributed by atoms with E-state index in [0.717, 1.165) is 12.8 Å². The molecule has 0 fully saturated rings. The van der Waals surface area contributed by atoms with Crippen LogP contribution in [0.15, 0.2) is 24.3 Å². The third-order valence-corrected chi connectivity index (χ3v) is 3.45. The first-order valence-electron chi connectivity index (χ1n) is 7.00. The summed E-state index contributed by atoms with van der Waals surface area (Å²) in [6.07, 6.45) is 1.99. The number of hydrogen-bond acceptors (Lipinski definition) is 2. The van der Waals surface area contributed by atoms with Crippen LogP contribution in [0, 0.1) is 0 Å². The van der Waals surface area contributed by atoms with Crippen LogP contribution in [0.4, 0.5) is 0 Å². The van der Waals surface area contributed by atoms with Crippen LogP contribution in [0.5, 0.6) is 0 Å². The van der Waals surface area contributed by atoms with Crippen molar-refractivity contribution < 1.29 is 4.79 Å². The number of nitrogens with one attached hydrogen (secondary N) is 1. The Hall–Kier alpha value is -1.35. The van der Waals surface area contributed by atoms with Crippen molar-refractivity contribution in [2.45, 2.75) is 52.0 Å². The number of hydrogen-bond donors (Lipinski definition) is 2. The number of benzene rings is 1. The third kappa shape index (κ3) is 5.03. The van der Waals surface area contributed by atoms with E-state index in [0.29, 0.717) is 12.5 Å². The lowest BCUT2D eigenvalue weighted by atomic mass is 9.97. The van der Waals surface area contributed by atoms with Crippen LogP contribution < -0.4 is 11.1 Å². The molecule has 1 aromatic rings. The molecule has 3 N–H and O–H groups in total. The van der Waals surface area contributed by atoms with Crippen molar-refractivity contribution in [2.24, 2.45) is 5.73 Å². The fourth-order valence-electron chi connectivity index (χ4n) is 1.80. The largest absolute Gasteiger partial charge is 0.354 e. The summed E-state index contributed by atoms with van der Waals surface area (Å²) >= 11 is 0. The Morgan fingerprint density at radius 3 is 2.37 bits per heavy atom. The van der Waals surface area contributed by atoms with Crippen molar-refractivity contribution in [3.8, 4) is 0 Å². The number of rotatable bonds is 6. The van der Waals surface area contributed by atoms with Gasteiger partial charge in [0.2, 0.25) is 5.91 Å². The summed E-state index contributed by atoms with van der Waals surface area (Å²) in [7, 11) is 0. The first kappa shape index (κ1) is 15.7. The van der Waals surface area contributed by atoms with Gasteiger partial charge in [0.05, 0.1) is 5.54 Å². The molecule has 106 valence electrons. The van der Waals surface area contributed by atoms with Gasteiger partial charge in [-0.05, 0) is 43.7 Å². The van der Waals surface area contributed by atoms with Gasteiger partial charge in [-0.25, -0.2) is 0 Å². The molecule has 0 aliphatic heterocycles. The molecule has 0 aliphatic rings. The SMILES string of the molecule is CCC(C)c1ccc(CCNC(=O)C(C)(C)N)cc1. The monoisotopic (exact) mass is 262 g/mol. The zero-order chi connectivity index (χ0) is 14.5. The predicted molar refractivity (Wildman–Crippen MR) is 80.1 cm³/mol. The summed E-state index contributed by atoms with van der Waals surface area (Å²) in [5.41, 5.74) is 7.52. The average Bonchev–Trinajstić information content (AvgIpc) is 2.37. The number of amides is 1. The van der Waals surface area contributed by atoms with Crippen LogP contribution in [0.2, 0.25) is 0 Å². The Morgan fingerprint density at radius 2 is 1.89 bits per heavy atom. The highest BCUT2D eigenvalue weighted by molar-refractivity contribution is 5.84. The highest BCUT2D eigenvalue weighted by atomic mass is 16.2. The van der Waals surface area contributed by atoms with Crippen molar-refractivity contribution in [3.63, 3.8) is 0 Å². The van der Waals surface area contributed by atoms with Crippen LogP contribution >= 0.6 is 0 Å². The Kier molecular flexibility index (Phi) is 5.55. The van der Waals surface area contributed by atoms with E-state index in [2.05, 4.69) is 43.4 Å². The van der Waals surface area contributed by atoms with Crippen molar-refractivity contribution in [1.82, 2.24) is 5.32 Å². The molecule has 0 bridgehead atoms. The van der Waals surface area contributed by atoms with Gasteiger partial charge in [-0.15, -0.1) is 0 Å². The summed E-state index contributed by atoms with van der Waals surface area (Å²) in [4.78, 5) is 11.6. The molecule has 0 saturated heterocycles. The van der Waals surface area contributed by atoms with Gasteiger partial charge >= 0.3 is 0 Å². The summed E-state index contributed by atoms with van der Waals surface area (Å²) < 4.78 is 0. The second-order valence-electron chi connectivity index (χ2n) is 5.78. The van der Waals surface area contributed by atoms with Crippen molar-refractivity contribution in [2.75, 3.05) is 6.54 Å². The molecule has 0 aromatic heterocycles. The van der Waals surface area contributed by atoms with Crippen LogP contribution in [-0.2, 0) is 11.2 Å². The minimum Gasteiger partial charge on any atom is -0.354 e. The van der Waals surface area contributed by atoms with Crippen LogP contribution in [0.1, 0.15) is 51.2 Å². The topological polar surface area (TPSA) is 55.1 Å². The first-order chi connectivity index (χ1) is 8.84. The van der Waals surface area contributed by atoms with E-state index >= 15 is 0 Å². The van der Waals surface area contributed by atoms with Crippen molar-refractivity contribution in [1.29, 1.82) is 0 Å². The second kappa shape index (κ2) is 6.71. The Balaban J connectivity index is 2.45. The molecule has 0 spiro atoms. The highest BCUT2D eigenvalue weighted by Crippen LogP contribution is 2.18. The zero-order valence-corrected chi connectivity index (χ0v) is 12.5. The molecule has 1 rings (SSSR count). The van der Waals surface area contributed by atoms with Gasteiger partial charge in [0, 0.05) is 6.54 Å². The molecular weight excluding hydrogens is 236 g/mol. The maximum atomic E-state index is 11.6. The van der Waals surface area contributed by atoms with Gasteiger partial charge in [0.25, 0.3) is 0 Å². The van der Waals surface area contributed by atoms with Crippen molar-refractivity contribution >= 4 is 5.91 Å². The summed E-state index contributed by atoms with van der Waals surface area (Å²) in [6, 6.07) is 8.64. The Morgan fingerprint density at radius 1 is 1.32 bits per heavy atom. The van der Waals surface area contributed by atoms with Crippen LogP contribution in [0.25, 0.3) is 0 Å². The standard InChI is InChI=1S/C16H26N2O/c1-5-12(2)14-8-6-13(7-9-14)10-11-18-15(19)16(3,4)17/h6-9,12H,5,10-11,17H2,1-4H3,(H,18,19). The lowest BCUT2D eigenvalue weighted by Crippen LogP contribution is -2.49. The molecule has 3 heteroatoms. The molecule has 1 aromatic carbocycles. The van der Waals surface area contributed by atoms with Gasteiger partial charge in [0.1, 0.15) is 0 Å². The summed E-state index contributed by atoms with van der Waals surface area (Å²) in [5, 5.41) is 2.86. The Labute approximate surface area is 116 Å². The Bertz CT molecular complexity index is 404. The molecule has 0 saturated carbocycles. The fourth-order valence-corrected chi connectivity index (χ4v) is 1.80. The minimum atomic E-state index is -0.805. The quantitative estimate of drug-likeness (QED) is 0.828. The maximum Gasteiger partial charge on any atom is 0.239 e. The van der Waals surface area contributed by atoms with E-state index in [1.54, 1.807) is 13.8 Å². The smallest absolute Gasteiger partial charge is 0.239 e. The van der Waals surface area contributed by atoms with E-state index in [1.165, 1.54) is 11.1 Å². The molecule has 1 amide bonds. The third-order valence-electron chi connectivity index (χ3n) is 3.45. The average molecular weight is 262 g/mol. The van der Waals surface area contributed by atoms with Crippen molar-refractivity contribution in [3.05, 3.63) is 35.4 Å². The van der Waals surface area contributed by atoms with Gasteiger partial charge in [-0.3, -0.25) is 4.79 Å². The van der Waals surface area contributed by atoms with E-state index in [1.807, 2.05) is 0 Å². The molecule has 19 heavy (non-hydrogen) atoms. The number of carbonyl (C=O) groups excluding carboxylic acids is 1. The summed E-state index contributed by atoms with van der Waals surface area (Å²) in [6.45, 7) is 8.48. The molecular formula is C16H26N2O. The molecule has 1 atom stereocenters. The van der Waals surface area contributed by atoms with Crippen LogP contribution in [-0.4, -0.2) is 18.0 Å². The predicted octanol–water partition coefficient (Wildman–Crippen LogP) is 2.60. The van der Waals surface area contributed by atoms with E-state index in [9.17, 15) is 4.79 Å². The normalized spacial score (nSPS) is 13.1. The molecule has 0 aliphatic carbocycles. The molecule has 1 unspecified atom stereocenters. The molecule has 3 nitrogen and oxygen atoms in total. The van der Waals surface area contributed by atoms with Gasteiger partial charge in [-0.2, -0.15) is 0 Å². The van der Waals surface area contributed by atoms with Gasteiger partial charge in [-0.1, -0.05) is 38.1 Å². The molecule has 0 heterocycles. The van der Waals surface area contributed by atoms with E-state index in [4.69, 9.17) is 5.73 Å². The highest BCUT2D eigenvalue weighted by Gasteiger charge is 2.20. The van der Waals surface area contributed by atoms with Gasteiger partial charge < -0.3 is 11.1 Å².